The summed E-state index contributed by atoms with van der Waals surface area (Å²) < 4.78 is 1.62. The first-order valence-corrected chi connectivity index (χ1v) is 5.55. The molecule has 0 spiro atoms. The Bertz CT molecular complexity index is 529. The molecule has 0 bridgehead atoms. The zero-order valence-electron chi connectivity index (χ0n) is 9.92. The van der Waals surface area contributed by atoms with Crippen molar-refractivity contribution in [3.05, 3.63) is 40.6 Å². The second-order valence-corrected chi connectivity index (χ2v) is 4.37. The van der Waals surface area contributed by atoms with E-state index < -0.39 is 0 Å². The molecule has 0 aromatic carbocycles. The van der Waals surface area contributed by atoms with Crippen molar-refractivity contribution < 1.29 is 0 Å². The van der Waals surface area contributed by atoms with E-state index >= 15 is 0 Å². The van der Waals surface area contributed by atoms with Gasteiger partial charge in [-0.2, -0.15) is 5.10 Å². The van der Waals surface area contributed by atoms with Crippen LogP contribution in [0.2, 0.25) is 0 Å². The minimum atomic E-state index is -0.120. The minimum Gasteiger partial charge on any atom is -0.309 e. The molecule has 6 nitrogen and oxygen atoms in total. The molecule has 0 saturated carbocycles. The Hall–Kier alpha value is -1.98. The van der Waals surface area contributed by atoms with Crippen LogP contribution in [-0.4, -0.2) is 24.7 Å². The van der Waals surface area contributed by atoms with Crippen molar-refractivity contribution in [3.8, 4) is 0 Å². The lowest BCUT2D eigenvalue weighted by atomic mass is 10.1. The molecule has 0 atom stereocenters. The summed E-state index contributed by atoms with van der Waals surface area (Å²) in [5, 5.41) is 3.98. The largest absolute Gasteiger partial charge is 0.309 e. The van der Waals surface area contributed by atoms with Gasteiger partial charge in [0, 0.05) is 11.8 Å². The standard InChI is InChI=1S/C11H15N5O/c1-8(2)3-9-4-11(17)15-10(14-9)5-16-7-12-6-13-16/h4,6-8H,3,5H2,1-2H3,(H,14,15,17). The van der Waals surface area contributed by atoms with Crippen molar-refractivity contribution in [2.24, 2.45) is 5.92 Å². The highest BCUT2D eigenvalue weighted by Crippen LogP contribution is 2.03. The van der Waals surface area contributed by atoms with Gasteiger partial charge in [-0.1, -0.05) is 13.8 Å². The molecular formula is C11H15N5O. The van der Waals surface area contributed by atoms with Crippen LogP contribution in [0.15, 0.2) is 23.5 Å². The van der Waals surface area contributed by atoms with E-state index in [2.05, 4.69) is 33.9 Å². The molecule has 6 heteroatoms. The zero-order valence-corrected chi connectivity index (χ0v) is 9.92. The maximum atomic E-state index is 11.5. The Labute approximate surface area is 98.7 Å². The van der Waals surface area contributed by atoms with Gasteiger partial charge in [0.2, 0.25) is 0 Å². The quantitative estimate of drug-likeness (QED) is 0.839. The summed E-state index contributed by atoms with van der Waals surface area (Å²) in [6.07, 6.45) is 3.85. The summed E-state index contributed by atoms with van der Waals surface area (Å²) in [4.78, 5) is 22.4. The van der Waals surface area contributed by atoms with Crippen molar-refractivity contribution in [1.29, 1.82) is 0 Å². The van der Waals surface area contributed by atoms with Crippen LogP contribution in [0.5, 0.6) is 0 Å². The Morgan fingerprint density at radius 2 is 2.29 bits per heavy atom. The van der Waals surface area contributed by atoms with Crippen LogP contribution in [-0.2, 0) is 13.0 Å². The molecule has 2 heterocycles. The Morgan fingerprint density at radius 1 is 1.47 bits per heavy atom. The van der Waals surface area contributed by atoms with Gasteiger partial charge in [0.15, 0.2) is 0 Å². The molecule has 1 N–H and O–H groups in total. The van der Waals surface area contributed by atoms with Gasteiger partial charge in [-0.05, 0) is 12.3 Å². The van der Waals surface area contributed by atoms with Gasteiger partial charge in [-0.15, -0.1) is 0 Å². The van der Waals surface area contributed by atoms with Gasteiger partial charge in [0.05, 0.1) is 0 Å². The summed E-state index contributed by atoms with van der Waals surface area (Å²) in [6.45, 7) is 4.63. The third-order valence-electron chi connectivity index (χ3n) is 2.24. The first kappa shape index (κ1) is 11.5. The van der Waals surface area contributed by atoms with Crippen LogP contribution in [0.4, 0.5) is 0 Å². The van der Waals surface area contributed by atoms with Crippen LogP contribution in [0.3, 0.4) is 0 Å². The number of nitrogens with zero attached hydrogens (tertiary/aromatic N) is 4. The van der Waals surface area contributed by atoms with Crippen LogP contribution in [0.1, 0.15) is 25.4 Å². The van der Waals surface area contributed by atoms with E-state index in [0.29, 0.717) is 18.3 Å². The van der Waals surface area contributed by atoms with Crippen molar-refractivity contribution in [2.75, 3.05) is 0 Å². The molecule has 2 aromatic heterocycles. The molecule has 0 radical (unpaired) electrons. The van der Waals surface area contributed by atoms with Gasteiger partial charge in [0.1, 0.15) is 25.0 Å². The SMILES string of the molecule is CC(C)Cc1cc(=O)[nH]c(Cn2cncn2)n1. The maximum absolute atomic E-state index is 11.5. The average Bonchev–Trinajstić information content (AvgIpc) is 2.67. The number of hydrogen-bond donors (Lipinski definition) is 1. The normalized spacial score (nSPS) is 11.0. The molecular weight excluding hydrogens is 218 g/mol. The van der Waals surface area contributed by atoms with E-state index in [4.69, 9.17) is 0 Å². The number of hydrogen-bond acceptors (Lipinski definition) is 4. The average molecular weight is 233 g/mol. The summed E-state index contributed by atoms with van der Waals surface area (Å²) in [5.41, 5.74) is 0.699. The monoisotopic (exact) mass is 233 g/mol. The van der Waals surface area contributed by atoms with Crippen molar-refractivity contribution in [3.63, 3.8) is 0 Å². The van der Waals surface area contributed by atoms with Gasteiger partial charge >= 0.3 is 0 Å². The minimum absolute atomic E-state index is 0.120. The van der Waals surface area contributed by atoms with Gasteiger partial charge < -0.3 is 4.98 Å². The lowest BCUT2D eigenvalue weighted by molar-refractivity contribution is 0.612. The number of aromatic nitrogens is 5. The van der Waals surface area contributed by atoms with Crippen molar-refractivity contribution >= 4 is 0 Å². The van der Waals surface area contributed by atoms with E-state index in [1.807, 2.05) is 0 Å². The van der Waals surface area contributed by atoms with E-state index in [1.165, 1.54) is 6.33 Å². The summed E-state index contributed by atoms with van der Waals surface area (Å²) in [7, 11) is 0. The van der Waals surface area contributed by atoms with Gasteiger partial charge in [0.25, 0.3) is 5.56 Å². The van der Waals surface area contributed by atoms with Crippen molar-refractivity contribution in [2.45, 2.75) is 26.8 Å². The Balaban J connectivity index is 2.22. The highest BCUT2D eigenvalue weighted by molar-refractivity contribution is 5.03. The number of aromatic amines is 1. The molecule has 2 rings (SSSR count). The predicted octanol–water partition coefficient (Wildman–Crippen LogP) is 0.608. The number of rotatable bonds is 4. The first-order valence-electron chi connectivity index (χ1n) is 5.55. The molecule has 0 aliphatic heterocycles. The summed E-state index contributed by atoms with van der Waals surface area (Å²) >= 11 is 0. The zero-order chi connectivity index (χ0) is 12.3. The van der Waals surface area contributed by atoms with Crippen molar-refractivity contribution in [1.82, 2.24) is 24.7 Å². The third kappa shape index (κ3) is 3.24. The van der Waals surface area contributed by atoms with Crippen LogP contribution >= 0.6 is 0 Å². The topological polar surface area (TPSA) is 76.5 Å². The highest BCUT2D eigenvalue weighted by Gasteiger charge is 2.04. The molecule has 90 valence electrons. The fraction of sp³-hybridized carbons (Fsp3) is 0.455. The second kappa shape index (κ2) is 4.90. The van der Waals surface area contributed by atoms with Crippen LogP contribution in [0.25, 0.3) is 0 Å². The Morgan fingerprint density at radius 3 is 2.94 bits per heavy atom. The molecule has 0 fully saturated rings. The molecule has 0 saturated heterocycles. The van der Waals surface area contributed by atoms with Crippen LogP contribution in [0, 0.1) is 5.92 Å². The van der Waals surface area contributed by atoms with E-state index in [0.717, 1.165) is 12.1 Å². The highest BCUT2D eigenvalue weighted by atomic mass is 16.1. The molecule has 0 amide bonds. The van der Waals surface area contributed by atoms with E-state index in [-0.39, 0.29) is 5.56 Å². The second-order valence-electron chi connectivity index (χ2n) is 4.37. The lowest BCUT2D eigenvalue weighted by Gasteiger charge is -2.06. The van der Waals surface area contributed by atoms with Crippen LogP contribution < -0.4 is 5.56 Å². The third-order valence-corrected chi connectivity index (χ3v) is 2.24. The molecule has 0 unspecified atom stereocenters. The predicted molar refractivity (Wildman–Crippen MR) is 62.5 cm³/mol. The Kier molecular flexibility index (Phi) is 3.32. The van der Waals surface area contributed by atoms with Gasteiger partial charge in [-0.3, -0.25) is 4.79 Å². The molecule has 2 aromatic rings. The van der Waals surface area contributed by atoms with E-state index in [9.17, 15) is 4.79 Å². The van der Waals surface area contributed by atoms with Gasteiger partial charge in [-0.25, -0.2) is 14.6 Å². The molecule has 17 heavy (non-hydrogen) atoms. The summed E-state index contributed by atoms with van der Waals surface area (Å²) in [5.74, 6) is 1.09. The van der Waals surface area contributed by atoms with E-state index in [1.54, 1.807) is 17.1 Å². The number of H-pyrrole nitrogens is 1. The fourth-order valence-corrected chi connectivity index (χ4v) is 1.63. The first-order chi connectivity index (χ1) is 8.13. The smallest absolute Gasteiger partial charge is 0.251 e. The number of nitrogens with one attached hydrogen (secondary N) is 1. The summed E-state index contributed by atoms with van der Waals surface area (Å²) in [6, 6.07) is 1.55. The molecule has 0 aliphatic rings. The maximum Gasteiger partial charge on any atom is 0.251 e. The fourth-order valence-electron chi connectivity index (χ4n) is 1.63. The molecule has 0 aliphatic carbocycles. The lowest BCUT2D eigenvalue weighted by Crippen LogP contribution is -2.16.